The lowest BCUT2D eigenvalue weighted by molar-refractivity contribution is -0.384. The number of aromatic nitrogens is 1. The Bertz CT molecular complexity index is 493. The summed E-state index contributed by atoms with van der Waals surface area (Å²) in [4.78, 5) is 26.7. The number of hydrogen-bond acceptors (Lipinski definition) is 6. The quantitative estimate of drug-likeness (QED) is 0.631. The highest BCUT2D eigenvalue weighted by Gasteiger charge is 2.30. The standard InChI is InChI=1S/C11H13N3O5/c15-11(16)5-8-7-19-4-3-13(8)9-1-2-12-6-10(9)14(17)18/h1-2,6,8H,3-5,7H2,(H,15,16). The predicted molar refractivity (Wildman–Crippen MR) is 65.1 cm³/mol. The molecule has 102 valence electrons. The second-order valence-electron chi connectivity index (χ2n) is 4.14. The smallest absolute Gasteiger partial charge is 0.310 e. The van der Waals surface area contributed by atoms with Crippen LogP contribution >= 0.6 is 0 Å². The van der Waals surface area contributed by atoms with Gasteiger partial charge in [0.1, 0.15) is 11.9 Å². The van der Waals surface area contributed by atoms with Crippen LogP contribution in [0, 0.1) is 10.1 Å². The summed E-state index contributed by atoms with van der Waals surface area (Å²) in [6.07, 6.45) is 2.50. The Morgan fingerprint density at radius 1 is 1.68 bits per heavy atom. The number of hydrogen-bond donors (Lipinski definition) is 1. The van der Waals surface area contributed by atoms with Crippen LogP contribution in [0.1, 0.15) is 6.42 Å². The van der Waals surface area contributed by atoms with Gasteiger partial charge < -0.3 is 14.7 Å². The summed E-state index contributed by atoms with van der Waals surface area (Å²) in [5.41, 5.74) is 0.259. The van der Waals surface area contributed by atoms with E-state index in [9.17, 15) is 14.9 Å². The third-order valence-electron chi connectivity index (χ3n) is 2.92. The van der Waals surface area contributed by atoms with Crippen LogP contribution in [0.2, 0.25) is 0 Å². The van der Waals surface area contributed by atoms with Crippen molar-refractivity contribution in [2.45, 2.75) is 12.5 Å². The van der Waals surface area contributed by atoms with Gasteiger partial charge in [0.25, 0.3) is 0 Å². The summed E-state index contributed by atoms with van der Waals surface area (Å²) in [6.45, 7) is 1.07. The maximum Gasteiger partial charge on any atom is 0.310 e. The summed E-state index contributed by atoms with van der Waals surface area (Å²) in [7, 11) is 0. The van der Waals surface area contributed by atoms with Gasteiger partial charge in [-0.25, -0.2) is 0 Å². The van der Waals surface area contributed by atoms with Gasteiger partial charge in [-0.2, -0.15) is 0 Å². The maximum absolute atomic E-state index is 11.0. The van der Waals surface area contributed by atoms with E-state index >= 15 is 0 Å². The lowest BCUT2D eigenvalue weighted by Gasteiger charge is -2.36. The van der Waals surface area contributed by atoms with E-state index in [-0.39, 0.29) is 18.7 Å². The molecule has 2 rings (SSSR count). The van der Waals surface area contributed by atoms with E-state index in [1.807, 2.05) is 0 Å². The van der Waals surface area contributed by atoms with Gasteiger partial charge in [-0.05, 0) is 6.07 Å². The van der Waals surface area contributed by atoms with Crippen molar-refractivity contribution in [3.63, 3.8) is 0 Å². The van der Waals surface area contributed by atoms with E-state index in [4.69, 9.17) is 9.84 Å². The summed E-state index contributed by atoms with van der Waals surface area (Å²) in [6, 6.07) is 1.12. The van der Waals surface area contributed by atoms with Crippen molar-refractivity contribution in [1.82, 2.24) is 4.98 Å². The Labute approximate surface area is 108 Å². The molecule has 1 aromatic rings. The number of carboxylic acids is 1. The van der Waals surface area contributed by atoms with Crippen LogP contribution in [0.25, 0.3) is 0 Å². The van der Waals surface area contributed by atoms with Crippen molar-refractivity contribution in [3.8, 4) is 0 Å². The second-order valence-corrected chi connectivity index (χ2v) is 4.14. The van der Waals surface area contributed by atoms with E-state index in [1.54, 1.807) is 4.90 Å². The minimum atomic E-state index is -0.961. The van der Waals surface area contributed by atoms with Crippen LogP contribution in [0.5, 0.6) is 0 Å². The third-order valence-corrected chi connectivity index (χ3v) is 2.92. The van der Waals surface area contributed by atoms with Gasteiger partial charge in [0.05, 0.1) is 30.6 Å². The summed E-state index contributed by atoms with van der Waals surface area (Å²) in [5, 5.41) is 19.9. The van der Waals surface area contributed by atoms with Crippen molar-refractivity contribution in [3.05, 3.63) is 28.6 Å². The van der Waals surface area contributed by atoms with Crippen LogP contribution in [0.4, 0.5) is 11.4 Å². The molecule has 1 aliphatic heterocycles. The molecule has 1 aliphatic rings. The zero-order valence-electron chi connectivity index (χ0n) is 10.1. The Kier molecular flexibility index (Phi) is 3.91. The van der Waals surface area contributed by atoms with E-state index in [2.05, 4.69) is 4.98 Å². The Morgan fingerprint density at radius 2 is 2.47 bits per heavy atom. The van der Waals surface area contributed by atoms with Gasteiger partial charge in [0.2, 0.25) is 0 Å². The molecule has 1 aromatic heterocycles. The highest BCUT2D eigenvalue weighted by atomic mass is 16.6. The second kappa shape index (κ2) is 5.61. The molecule has 19 heavy (non-hydrogen) atoms. The van der Waals surface area contributed by atoms with Crippen molar-refractivity contribution in [1.29, 1.82) is 0 Å². The largest absolute Gasteiger partial charge is 0.481 e. The molecule has 1 saturated heterocycles. The molecular formula is C11H13N3O5. The van der Waals surface area contributed by atoms with Crippen molar-refractivity contribution in [2.75, 3.05) is 24.7 Å². The molecule has 8 nitrogen and oxygen atoms in total. The number of carbonyl (C=O) groups is 1. The molecule has 0 radical (unpaired) electrons. The maximum atomic E-state index is 11.0. The van der Waals surface area contributed by atoms with Crippen molar-refractivity contribution >= 4 is 17.3 Å². The minimum absolute atomic E-state index is 0.125. The molecular weight excluding hydrogens is 254 g/mol. The van der Waals surface area contributed by atoms with Gasteiger partial charge in [0, 0.05) is 12.7 Å². The van der Waals surface area contributed by atoms with Crippen LogP contribution < -0.4 is 4.90 Å². The molecule has 0 bridgehead atoms. The zero-order chi connectivity index (χ0) is 13.8. The molecule has 1 atom stereocenters. The first kappa shape index (κ1) is 13.2. The summed E-state index contributed by atoms with van der Waals surface area (Å²) >= 11 is 0. The summed E-state index contributed by atoms with van der Waals surface area (Å²) < 4.78 is 5.24. The Morgan fingerprint density at radius 3 is 3.16 bits per heavy atom. The highest BCUT2D eigenvalue weighted by molar-refractivity contribution is 5.70. The number of nitrogens with zero attached hydrogens (tertiary/aromatic N) is 3. The normalized spacial score (nSPS) is 19.2. The number of nitro groups is 1. The van der Waals surface area contributed by atoms with Gasteiger partial charge in [-0.3, -0.25) is 19.9 Å². The zero-order valence-corrected chi connectivity index (χ0v) is 10.1. The van der Waals surface area contributed by atoms with Gasteiger partial charge in [-0.1, -0.05) is 0 Å². The number of morpholine rings is 1. The van der Waals surface area contributed by atoms with Crippen molar-refractivity contribution in [2.24, 2.45) is 0 Å². The van der Waals surface area contributed by atoms with Crippen LogP contribution in [-0.2, 0) is 9.53 Å². The average Bonchev–Trinajstić information content (AvgIpc) is 2.38. The molecule has 8 heteroatoms. The van der Waals surface area contributed by atoms with Gasteiger partial charge in [0.15, 0.2) is 0 Å². The highest BCUT2D eigenvalue weighted by Crippen LogP contribution is 2.30. The van der Waals surface area contributed by atoms with Crippen LogP contribution in [0.3, 0.4) is 0 Å². The number of carboxylic acid groups (broad SMARTS) is 1. The monoisotopic (exact) mass is 267 g/mol. The van der Waals surface area contributed by atoms with E-state index in [1.165, 1.54) is 18.5 Å². The fourth-order valence-electron chi connectivity index (χ4n) is 2.10. The third kappa shape index (κ3) is 2.97. The molecule has 2 heterocycles. The number of pyridine rings is 1. The number of ether oxygens (including phenoxy) is 1. The Balaban J connectivity index is 2.32. The van der Waals surface area contributed by atoms with E-state index < -0.39 is 16.9 Å². The molecule has 0 aromatic carbocycles. The number of rotatable bonds is 4. The minimum Gasteiger partial charge on any atom is -0.481 e. The fraction of sp³-hybridized carbons (Fsp3) is 0.455. The first-order chi connectivity index (χ1) is 9.09. The molecule has 1 fully saturated rings. The van der Waals surface area contributed by atoms with Crippen LogP contribution in [-0.4, -0.2) is 46.8 Å². The molecule has 1 N–H and O–H groups in total. The van der Waals surface area contributed by atoms with E-state index in [0.717, 1.165) is 0 Å². The Hall–Kier alpha value is -2.22. The molecule has 0 spiro atoms. The topological polar surface area (TPSA) is 106 Å². The van der Waals surface area contributed by atoms with Crippen molar-refractivity contribution < 1.29 is 19.6 Å². The van der Waals surface area contributed by atoms with Gasteiger partial charge >= 0.3 is 11.7 Å². The molecule has 1 unspecified atom stereocenters. The van der Waals surface area contributed by atoms with E-state index in [0.29, 0.717) is 18.8 Å². The van der Waals surface area contributed by atoms with Crippen LogP contribution in [0.15, 0.2) is 18.5 Å². The number of anilines is 1. The number of aliphatic carboxylic acids is 1. The fourth-order valence-corrected chi connectivity index (χ4v) is 2.10. The summed E-state index contributed by atoms with van der Waals surface area (Å²) in [5.74, 6) is -0.961. The molecule has 0 saturated carbocycles. The lowest BCUT2D eigenvalue weighted by atomic mass is 10.1. The molecule has 0 aliphatic carbocycles. The SMILES string of the molecule is O=C(O)CC1COCCN1c1ccncc1[N+](=O)[O-]. The predicted octanol–water partition coefficient (Wildman–Crippen LogP) is 0.670. The lowest BCUT2D eigenvalue weighted by Crippen LogP contribution is -2.46. The first-order valence-corrected chi connectivity index (χ1v) is 5.74. The van der Waals surface area contributed by atoms with Gasteiger partial charge in [-0.15, -0.1) is 0 Å². The first-order valence-electron chi connectivity index (χ1n) is 5.74. The molecule has 0 amide bonds. The average molecular weight is 267 g/mol.